The summed E-state index contributed by atoms with van der Waals surface area (Å²) < 4.78 is 2.34. The topological polar surface area (TPSA) is 51.6 Å². The number of hydrogen-bond acceptors (Lipinski definition) is 5. The fraction of sp³-hybridized carbons (Fsp3) is 0. The molecule has 7 aromatic carbocycles. The molecule has 0 aliphatic heterocycles. The Morgan fingerprint density at radius 1 is 0.333 bits per heavy atom. The molecule has 0 radical (unpaired) electrons. The monoisotopic (exact) mass is 668 g/mol. The minimum absolute atomic E-state index is 0.709. The summed E-state index contributed by atoms with van der Waals surface area (Å²) in [7, 11) is 0. The van der Waals surface area contributed by atoms with Crippen molar-refractivity contribution >= 4 is 53.3 Å². The van der Waals surface area contributed by atoms with E-state index < -0.39 is 0 Å². The molecule has 10 aromatic rings. The van der Waals surface area contributed by atoms with E-state index in [4.69, 9.17) is 19.9 Å². The first-order valence-electron chi connectivity index (χ1n) is 17.0. The first kappa shape index (κ1) is 29.4. The quantitative estimate of drug-likeness (QED) is 0.183. The number of para-hydroxylation sites is 2. The summed E-state index contributed by atoms with van der Waals surface area (Å²) in [5.74, 6) is 1.44. The molecule has 238 valence electrons. The largest absolute Gasteiger partial charge is 0.228 e. The van der Waals surface area contributed by atoms with Crippen LogP contribution in [-0.4, -0.2) is 19.9 Å². The molecule has 0 saturated heterocycles. The lowest BCUT2D eigenvalue weighted by atomic mass is 10.0. The predicted octanol–water partition coefficient (Wildman–Crippen LogP) is 12.3. The summed E-state index contributed by atoms with van der Waals surface area (Å²) in [4.78, 5) is 20.5. The zero-order valence-electron chi connectivity index (χ0n) is 27.4. The van der Waals surface area contributed by atoms with Gasteiger partial charge < -0.3 is 0 Å². The molecule has 0 atom stereocenters. The lowest BCUT2D eigenvalue weighted by Gasteiger charge is -2.10. The zero-order valence-corrected chi connectivity index (χ0v) is 28.2. The van der Waals surface area contributed by atoms with Gasteiger partial charge in [0.05, 0.1) is 22.4 Å². The normalized spacial score (nSPS) is 11.5. The van der Waals surface area contributed by atoms with E-state index >= 15 is 0 Å². The number of rotatable bonds is 5. The first-order chi connectivity index (χ1) is 25.3. The number of thiophene rings is 1. The highest BCUT2D eigenvalue weighted by molar-refractivity contribution is 7.26. The van der Waals surface area contributed by atoms with Crippen molar-refractivity contribution in [2.75, 3.05) is 0 Å². The van der Waals surface area contributed by atoms with Crippen LogP contribution in [0, 0.1) is 0 Å². The van der Waals surface area contributed by atoms with Gasteiger partial charge in [0, 0.05) is 53.2 Å². The van der Waals surface area contributed by atoms with E-state index in [1.807, 2.05) is 30.3 Å². The minimum Gasteiger partial charge on any atom is -0.228 e. The number of fused-ring (bicyclic) bond motifs is 5. The van der Waals surface area contributed by atoms with Crippen molar-refractivity contribution in [3.8, 4) is 56.4 Å². The minimum atomic E-state index is 0.709. The summed E-state index contributed by atoms with van der Waals surface area (Å²) >= 11 is 1.77. The van der Waals surface area contributed by atoms with E-state index in [0.29, 0.717) is 5.82 Å². The van der Waals surface area contributed by atoms with Gasteiger partial charge in [-0.25, -0.2) is 19.9 Å². The molecular formula is C46H28N4S. The second kappa shape index (κ2) is 12.1. The second-order valence-electron chi connectivity index (χ2n) is 12.6. The fourth-order valence-corrected chi connectivity index (χ4v) is 8.25. The molecule has 0 saturated carbocycles. The highest BCUT2D eigenvalue weighted by Crippen LogP contribution is 2.42. The van der Waals surface area contributed by atoms with Crippen LogP contribution >= 0.6 is 11.3 Å². The third-order valence-corrected chi connectivity index (χ3v) is 10.7. The second-order valence-corrected chi connectivity index (χ2v) is 13.7. The van der Waals surface area contributed by atoms with Gasteiger partial charge in [-0.1, -0.05) is 146 Å². The van der Waals surface area contributed by atoms with Gasteiger partial charge in [0.1, 0.15) is 0 Å². The molecule has 10 rings (SSSR count). The number of hydrogen-bond donors (Lipinski definition) is 0. The van der Waals surface area contributed by atoms with Crippen LogP contribution in [0.2, 0.25) is 0 Å². The Kier molecular flexibility index (Phi) is 6.96. The Morgan fingerprint density at radius 2 is 0.843 bits per heavy atom. The lowest BCUT2D eigenvalue weighted by molar-refractivity contribution is 1.23. The van der Waals surface area contributed by atoms with Crippen molar-refractivity contribution in [3.05, 3.63) is 170 Å². The van der Waals surface area contributed by atoms with Gasteiger partial charge in [-0.15, -0.1) is 11.3 Å². The number of nitrogens with zero attached hydrogens (tertiary/aromatic N) is 4. The van der Waals surface area contributed by atoms with Gasteiger partial charge in [-0.3, -0.25) is 0 Å². The van der Waals surface area contributed by atoms with E-state index in [1.165, 1.54) is 26.6 Å². The van der Waals surface area contributed by atoms with Crippen molar-refractivity contribution in [1.29, 1.82) is 0 Å². The first-order valence-corrected chi connectivity index (χ1v) is 17.8. The summed E-state index contributed by atoms with van der Waals surface area (Å²) in [5.41, 5.74) is 10.2. The Hall–Kier alpha value is -6.56. The SMILES string of the molecule is c1ccc(-c2ccc(-c3nc(-c4ccc5c(c4)sc4c(-c6nc(-c7ccccc7)c7ccccc7n6)cccc45)nc4ccccc34)cc2)cc1. The molecule has 0 fully saturated rings. The zero-order chi connectivity index (χ0) is 33.7. The fourth-order valence-electron chi connectivity index (χ4n) is 7.00. The molecule has 3 aromatic heterocycles. The lowest BCUT2D eigenvalue weighted by Crippen LogP contribution is -1.95. The summed E-state index contributed by atoms with van der Waals surface area (Å²) in [6.45, 7) is 0. The van der Waals surface area contributed by atoms with Gasteiger partial charge in [-0.2, -0.15) is 0 Å². The van der Waals surface area contributed by atoms with E-state index in [1.54, 1.807) is 11.3 Å². The van der Waals surface area contributed by atoms with Crippen LogP contribution < -0.4 is 0 Å². The van der Waals surface area contributed by atoms with Gasteiger partial charge in [0.25, 0.3) is 0 Å². The maximum atomic E-state index is 5.21. The Balaban J connectivity index is 1.10. The van der Waals surface area contributed by atoms with E-state index in [-0.39, 0.29) is 0 Å². The van der Waals surface area contributed by atoms with Crippen LogP contribution in [0.4, 0.5) is 0 Å². The standard InChI is InChI=1S/C46H28N4S/c1-3-12-29(13-4-1)30-22-24-32(25-23-30)43-36-16-7-9-20-39(36)47-45(49-43)33-26-27-34-35-18-11-19-38(44(35)51-41(34)28-33)46-48-40-21-10-8-17-37(40)42(50-46)31-14-5-2-6-15-31/h1-28H. The highest BCUT2D eigenvalue weighted by atomic mass is 32.1. The molecule has 0 amide bonds. The van der Waals surface area contributed by atoms with Gasteiger partial charge in [0.2, 0.25) is 0 Å². The summed E-state index contributed by atoms with van der Waals surface area (Å²) in [6, 6.07) is 59.0. The Labute approximate surface area is 298 Å². The van der Waals surface area contributed by atoms with Crippen LogP contribution in [0.3, 0.4) is 0 Å². The average molecular weight is 669 g/mol. The molecule has 3 heterocycles. The summed E-state index contributed by atoms with van der Waals surface area (Å²) in [5, 5.41) is 4.46. The molecule has 0 aliphatic carbocycles. The molecule has 4 nitrogen and oxygen atoms in total. The van der Waals surface area contributed by atoms with Crippen LogP contribution in [0.5, 0.6) is 0 Å². The maximum Gasteiger partial charge on any atom is 0.161 e. The van der Waals surface area contributed by atoms with E-state index in [9.17, 15) is 0 Å². The van der Waals surface area contributed by atoms with Crippen molar-refractivity contribution in [3.63, 3.8) is 0 Å². The molecule has 5 heteroatoms. The third kappa shape index (κ3) is 5.14. The third-order valence-electron chi connectivity index (χ3n) is 9.52. The van der Waals surface area contributed by atoms with Crippen molar-refractivity contribution in [2.24, 2.45) is 0 Å². The van der Waals surface area contributed by atoms with Crippen molar-refractivity contribution < 1.29 is 0 Å². The van der Waals surface area contributed by atoms with Gasteiger partial charge >= 0.3 is 0 Å². The van der Waals surface area contributed by atoms with Crippen molar-refractivity contribution in [1.82, 2.24) is 19.9 Å². The van der Waals surface area contributed by atoms with Crippen LogP contribution in [0.15, 0.2) is 170 Å². The molecule has 0 bridgehead atoms. The molecule has 0 spiro atoms. The number of benzene rings is 7. The van der Waals surface area contributed by atoms with E-state index in [2.05, 4.69) is 140 Å². The van der Waals surface area contributed by atoms with Gasteiger partial charge in [0.15, 0.2) is 11.6 Å². The average Bonchev–Trinajstić information content (AvgIpc) is 3.59. The predicted molar refractivity (Wildman–Crippen MR) is 213 cm³/mol. The van der Waals surface area contributed by atoms with Crippen LogP contribution in [-0.2, 0) is 0 Å². The molecular weight excluding hydrogens is 641 g/mol. The maximum absolute atomic E-state index is 5.21. The smallest absolute Gasteiger partial charge is 0.161 e. The molecule has 51 heavy (non-hydrogen) atoms. The van der Waals surface area contributed by atoms with E-state index in [0.717, 1.165) is 66.0 Å². The molecule has 0 N–H and O–H groups in total. The highest BCUT2D eigenvalue weighted by Gasteiger charge is 2.17. The molecule has 0 aliphatic rings. The van der Waals surface area contributed by atoms with Crippen LogP contribution in [0.1, 0.15) is 0 Å². The number of aromatic nitrogens is 4. The van der Waals surface area contributed by atoms with Crippen molar-refractivity contribution in [2.45, 2.75) is 0 Å². The Bertz CT molecular complexity index is 2900. The van der Waals surface area contributed by atoms with Gasteiger partial charge in [-0.05, 0) is 35.4 Å². The van der Waals surface area contributed by atoms with Crippen LogP contribution in [0.25, 0.3) is 98.4 Å². The summed E-state index contributed by atoms with van der Waals surface area (Å²) in [6.07, 6.45) is 0. The molecule has 0 unspecified atom stereocenters. The Morgan fingerprint density at radius 3 is 1.55 bits per heavy atom.